The van der Waals surface area contributed by atoms with Gasteiger partial charge in [-0.1, -0.05) is 79.2 Å². The lowest BCUT2D eigenvalue weighted by Crippen LogP contribution is -1.91. The highest BCUT2D eigenvalue weighted by Gasteiger charge is 1.99. The third kappa shape index (κ3) is 5.16. The summed E-state index contributed by atoms with van der Waals surface area (Å²) in [5.41, 5.74) is 2.98. The first-order valence-corrected chi connectivity index (χ1v) is 7.63. The average molecular weight is 283 g/mol. The van der Waals surface area contributed by atoms with Gasteiger partial charge in [0, 0.05) is 5.33 Å². The molecule has 0 saturated carbocycles. The predicted octanol–water partition coefficient (Wildman–Crippen LogP) is 5.48. The Bertz CT molecular complexity index is 281. The Morgan fingerprint density at radius 2 is 1.50 bits per heavy atom. The van der Waals surface area contributed by atoms with Gasteiger partial charge in [0.15, 0.2) is 0 Å². The Morgan fingerprint density at radius 3 is 2.19 bits per heavy atom. The molecule has 0 unspecified atom stereocenters. The molecule has 1 aromatic carbocycles. The zero-order valence-electron chi connectivity index (χ0n) is 10.3. The Kier molecular flexibility index (Phi) is 7.58. The molecule has 0 amide bonds. The average Bonchev–Trinajstić information content (AvgIpc) is 2.34. The van der Waals surface area contributed by atoms with Crippen molar-refractivity contribution in [1.82, 2.24) is 0 Å². The van der Waals surface area contributed by atoms with E-state index in [2.05, 4.69) is 47.1 Å². The standard InChI is InChI=1S/C15H23Br/c1-2-3-4-5-6-7-10-14-11-8-9-12-15(14)13-16/h8-9,11-12H,2-7,10,13H2,1H3. The van der Waals surface area contributed by atoms with Crippen LogP contribution in [0, 0.1) is 0 Å². The van der Waals surface area contributed by atoms with Gasteiger partial charge >= 0.3 is 0 Å². The van der Waals surface area contributed by atoms with Crippen LogP contribution in [0.15, 0.2) is 24.3 Å². The zero-order chi connectivity index (χ0) is 11.6. The van der Waals surface area contributed by atoms with Crippen LogP contribution in [0.3, 0.4) is 0 Å². The summed E-state index contributed by atoms with van der Waals surface area (Å²) in [5.74, 6) is 0. The van der Waals surface area contributed by atoms with Crippen molar-refractivity contribution in [2.24, 2.45) is 0 Å². The first-order valence-electron chi connectivity index (χ1n) is 6.51. The van der Waals surface area contributed by atoms with Crippen molar-refractivity contribution in [2.45, 2.75) is 57.2 Å². The van der Waals surface area contributed by atoms with E-state index in [4.69, 9.17) is 0 Å². The monoisotopic (exact) mass is 282 g/mol. The molecule has 0 bridgehead atoms. The van der Waals surface area contributed by atoms with Gasteiger partial charge in [0.2, 0.25) is 0 Å². The van der Waals surface area contributed by atoms with Gasteiger partial charge in [-0.2, -0.15) is 0 Å². The van der Waals surface area contributed by atoms with E-state index < -0.39 is 0 Å². The summed E-state index contributed by atoms with van der Waals surface area (Å²) in [6, 6.07) is 8.77. The number of unbranched alkanes of at least 4 members (excludes halogenated alkanes) is 5. The van der Waals surface area contributed by atoms with Gasteiger partial charge in [-0.25, -0.2) is 0 Å². The van der Waals surface area contributed by atoms with E-state index in [-0.39, 0.29) is 0 Å². The highest BCUT2D eigenvalue weighted by Crippen LogP contribution is 2.16. The van der Waals surface area contributed by atoms with Gasteiger partial charge in [0.25, 0.3) is 0 Å². The van der Waals surface area contributed by atoms with Crippen LogP contribution >= 0.6 is 15.9 Å². The molecule has 0 nitrogen and oxygen atoms in total. The van der Waals surface area contributed by atoms with Crippen LogP contribution in [0.25, 0.3) is 0 Å². The fourth-order valence-electron chi connectivity index (χ4n) is 2.03. The lowest BCUT2D eigenvalue weighted by Gasteiger charge is -2.06. The first kappa shape index (κ1) is 13.8. The molecule has 0 saturated heterocycles. The highest BCUT2D eigenvalue weighted by atomic mass is 79.9. The minimum absolute atomic E-state index is 0.985. The molecule has 0 radical (unpaired) electrons. The summed E-state index contributed by atoms with van der Waals surface area (Å²) >= 11 is 3.55. The molecule has 1 heteroatoms. The smallest absolute Gasteiger partial charge is 0.0285 e. The second-order valence-electron chi connectivity index (χ2n) is 4.42. The molecule has 0 atom stereocenters. The van der Waals surface area contributed by atoms with Crippen LogP contribution in [0.4, 0.5) is 0 Å². The molecule has 0 aliphatic carbocycles. The van der Waals surface area contributed by atoms with Crippen LogP contribution in [-0.4, -0.2) is 0 Å². The molecule has 0 heterocycles. The zero-order valence-corrected chi connectivity index (χ0v) is 11.9. The number of aryl methyl sites for hydroxylation is 1. The van der Waals surface area contributed by atoms with Gasteiger partial charge < -0.3 is 0 Å². The highest BCUT2D eigenvalue weighted by molar-refractivity contribution is 9.08. The number of alkyl halides is 1. The molecule has 1 rings (SSSR count). The number of benzene rings is 1. The van der Waals surface area contributed by atoms with Gasteiger partial charge in [-0.15, -0.1) is 0 Å². The van der Waals surface area contributed by atoms with Crippen molar-refractivity contribution in [3.8, 4) is 0 Å². The van der Waals surface area contributed by atoms with Crippen molar-refractivity contribution in [2.75, 3.05) is 0 Å². The molecule has 0 spiro atoms. The third-order valence-electron chi connectivity index (χ3n) is 3.06. The lowest BCUT2D eigenvalue weighted by molar-refractivity contribution is 0.607. The Labute approximate surface area is 109 Å². The predicted molar refractivity (Wildman–Crippen MR) is 76.2 cm³/mol. The van der Waals surface area contributed by atoms with Crippen LogP contribution in [0.1, 0.15) is 56.6 Å². The van der Waals surface area contributed by atoms with E-state index in [1.807, 2.05) is 0 Å². The number of rotatable bonds is 8. The fraction of sp³-hybridized carbons (Fsp3) is 0.600. The molecule has 1 aromatic rings. The van der Waals surface area contributed by atoms with Crippen LogP contribution < -0.4 is 0 Å². The number of hydrogen-bond donors (Lipinski definition) is 0. The minimum Gasteiger partial charge on any atom is -0.0876 e. The summed E-state index contributed by atoms with van der Waals surface area (Å²) in [6.45, 7) is 2.27. The first-order chi connectivity index (χ1) is 7.88. The van der Waals surface area contributed by atoms with E-state index in [1.165, 1.54) is 56.1 Å². The summed E-state index contributed by atoms with van der Waals surface area (Å²) in [7, 11) is 0. The quantitative estimate of drug-likeness (QED) is 0.437. The van der Waals surface area contributed by atoms with Gasteiger partial charge in [0.05, 0.1) is 0 Å². The molecular formula is C15H23Br. The Balaban J connectivity index is 2.21. The third-order valence-corrected chi connectivity index (χ3v) is 3.67. The van der Waals surface area contributed by atoms with E-state index in [1.54, 1.807) is 0 Å². The van der Waals surface area contributed by atoms with Crippen LogP contribution in [-0.2, 0) is 11.8 Å². The minimum atomic E-state index is 0.985. The van der Waals surface area contributed by atoms with Crippen LogP contribution in [0.2, 0.25) is 0 Å². The van der Waals surface area contributed by atoms with E-state index in [9.17, 15) is 0 Å². The number of hydrogen-bond acceptors (Lipinski definition) is 0. The molecule has 0 aliphatic rings. The van der Waals surface area contributed by atoms with E-state index in [0.29, 0.717) is 0 Å². The molecule has 0 fully saturated rings. The van der Waals surface area contributed by atoms with Gasteiger partial charge in [-0.05, 0) is 24.0 Å². The molecule has 90 valence electrons. The number of halogens is 1. The molecule has 0 aromatic heterocycles. The van der Waals surface area contributed by atoms with Crippen LogP contribution in [0.5, 0.6) is 0 Å². The van der Waals surface area contributed by atoms with Crippen molar-refractivity contribution < 1.29 is 0 Å². The van der Waals surface area contributed by atoms with Gasteiger partial charge in [0.1, 0.15) is 0 Å². The molecular weight excluding hydrogens is 260 g/mol. The fourth-order valence-corrected chi connectivity index (χ4v) is 2.57. The maximum Gasteiger partial charge on any atom is 0.0285 e. The van der Waals surface area contributed by atoms with Gasteiger partial charge in [-0.3, -0.25) is 0 Å². The van der Waals surface area contributed by atoms with Crippen molar-refractivity contribution in [3.05, 3.63) is 35.4 Å². The van der Waals surface area contributed by atoms with E-state index >= 15 is 0 Å². The SMILES string of the molecule is CCCCCCCCc1ccccc1CBr. The normalized spacial score (nSPS) is 10.6. The lowest BCUT2D eigenvalue weighted by atomic mass is 10.0. The maximum absolute atomic E-state index is 3.55. The van der Waals surface area contributed by atoms with Crippen molar-refractivity contribution in [1.29, 1.82) is 0 Å². The second-order valence-corrected chi connectivity index (χ2v) is 4.98. The second kappa shape index (κ2) is 8.81. The van der Waals surface area contributed by atoms with Crippen molar-refractivity contribution >= 4 is 15.9 Å². The van der Waals surface area contributed by atoms with E-state index in [0.717, 1.165) is 5.33 Å². The summed E-state index contributed by atoms with van der Waals surface area (Å²) < 4.78 is 0. The molecule has 16 heavy (non-hydrogen) atoms. The summed E-state index contributed by atoms with van der Waals surface area (Å²) in [6.07, 6.45) is 9.53. The Morgan fingerprint density at radius 1 is 0.875 bits per heavy atom. The summed E-state index contributed by atoms with van der Waals surface area (Å²) in [4.78, 5) is 0. The maximum atomic E-state index is 3.55. The Hall–Kier alpha value is -0.300. The summed E-state index contributed by atoms with van der Waals surface area (Å²) in [5, 5.41) is 0.985. The molecule has 0 aliphatic heterocycles. The van der Waals surface area contributed by atoms with Crippen molar-refractivity contribution in [3.63, 3.8) is 0 Å². The largest absolute Gasteiger partial charge is 0.0876 e. The molecule has 0 N–H and O–H groups in total. The topological polar surface area (TPSA) is 0 Å².